The molecule has 0 aliphatic rings. The lowest BCUT2D eigenvalue weighted by atomic mass is 10.3. The third-order valence-corrected chi connectivity index (χ3v) is 1.48. The minimum Gasteiger partial charge on any atom is -0.860 e. The largest absolute Gasteiger partial charge is 0.860 e. The molecule has 1 rings (SSSR count). The number of ether oxygens (including phenoxy) is 1. The van der Waals surface area contributed by atoms with Crippen molar-refractivity contribution in [2.75, 3.05) is 6.61 Å². The van der Waals surface area contributed by atoms with Crippen LogP contribution in [0.4, 0.5) is 0 Å². The van der Waals surface area contributed by atoms with Gasteiger partial charge in [-0.05, 0) is 25.0 Å². The van der Waals surface area contributed by atoms with Gasteiger partial charge in [0.1, 0.15) is 0 Å². The van der Waals surface area contributed by atoms with Crippen LogP contribution in [0.25, 0.3) is 0 Å². The van der Waals surface area contributed by atoms with Crippen LogP contribution in [0.2, 0.25) is 0 Å². The fourth-order valence-corrected chi connectivity index (χ4v) is 0.878. The van der Waals surface area contributed by atoms with Crippen LogP contribution in [-0.2, 0) is 4.74 Å². The van der Waals surface area contributed by atoms with Crippen LogP contribution in [-0.4, -0.2) is 22.5 Å². The lowest BCUT2D eigenvalue weighted by Gasteiger charge is -2.10. The van der Waals surface area contributed by atoms with E-state index in [1.54, 1.807) is 6.92 Å². The fourth-order valence-electron chi connectivity index (χ4n) is 0.733. The number of hydrogen-bond donors (Lipinski definition) is 1. The molecule has 1 N–H and O–H groups in total. The van der Waals surface area contributed by atoms with Crippen molar-refractivity contribution in [3.05, 3.63) is 16.5 Å². The van der Waals surface area contributed by atoms with Crippen molar-refractivity contribution in [1.82, 2.24) is 9.97 Å². The van der Waals surface area contributed by atoms with Gasteiger partial charge in [-0.3, -0.25) is 0 Å². The van der Waals surface area contributed by atoms with Gasteiger partial charge in [0, 0.05) is 6.20 Å². The monoisotopic (exact) mass is 199 g/mol. The van der Waals surface area contributed by atoms with Crippen LogP contribution in [0.3, 0.4) is 0 Å². The van der Waals surface area contributed by atoms with Crippen molar-refractivity contribution < 1.29 is 14.6 Å². The summed E-state index contributed by atoms with van der Waals surface area (Å²) in [5, 5.41) is 11.1. The van der Waals surface area contributed by atoms with E-state index in [2.05, 4.69) is 26.9 Å². The number of hydrogen-bond acceptors (Lipinski definition) is 5. The van der Waals surface area contributed by atoms with Gasteiger partial charge in [0.2, 0.25) is 0 Å². The summed E-state index contributed by atoms with van der Waals surface area (Å²) in [7, 11) is 0. The molecule has 0 saturated carbocycles. The molecule has 0 atom stereocenters. The molecule has 0 fully saturated rings. The SMILES string of the molecule is CCOC(=O)c1cnc(=S)[nH]c1[O-]. The van der Waals surface area contributed by atoms with Gasteiger partial charge in [-0.1, -0.05) is 0 Å². The molecule has 0 radical (unpaired) electrons. The van der Waals surface area contributed by atoms with Crippen LogP contribution in [0, 0.1) is 4.77 Å². The Hall–Kier alpha value is -1.43. The Morgan fingerprint density at radius 2 is 2.54 bits per heavy atom. The maximum Gasteiger partial charge on any atom is 0.340 e. The van der Waals surface area contributed by atoms with E-state index in [9.17, 15) is 9.90 Å². The topological polar surface area (TPSA) is 78.0 Å². The first-order chi connectivity index (χ1) is 6.15. The zero-order valence-corrected chi connectivity index (χ0v) is 7.68. The molecule has 0 aliphatic carbocycles. The van der Waals surface area contributed by atoms with Gasteiger partial charge >= 0.3 is 5.97 Å². The van der Waals surface area contributed by atoms with E-state index in [4.69, 9.17) is 0 Å². The molecule has 0 unspecified atom stereocenters. The molecule has 1 aromatic heterocycles. The maximum atomic E-state index is 11.1. The highest BCUT2D eigenvalue weighted by molar-refractivity contribution is 7.71. The molecule has 0 aliphatic heterocycles. The Labute approximate surface area is 79.4 Å². The number of aromatic nitrogens is 2. The lowest BCUT2D eigenvalue weighted by Crippen LogP contribution is -2.10. The highest BCUT2D eigenvalue weighted by Gasteiger charge is 2.07. The van der Waals surface area contributed by atoms with Crippen molar-refractivity contribution in [3.63, 3.8) is 0 Å². The van der Waals surface area contributed by atoms with Crippen molar-refractivity contribution in [2.45, 2.75) is 6.92 Å². The first-order valence-corrected chi connectivity index (χ1v) is 3.99. The van der Waals surface area contributed by atoms with Gasteiger partial charge in [-0.25, -0.2) is 9.78 Å². The summed E-state index contributed by atoms with van der Waals surface area (Å²) >= 11 is 4.59. The number of nitrogens with zero attached hydrogens (tertiary/aromatic N) is 1. The number of rotatable bonds is 2. The number of carbonyl (C=O) groups excluding carboxylic acids is 1. The van der Waals surface area contributed by atoms with Crippen molar-refractivity contribution in [3.8, 4) is 5.88 Å². The van der Waals surface area contributed by atoms with E-state index >= 15 is 0 Å². The summed E-state index contributed by atoms with van der Waals surface area (Å²) < 4.78 is 4.67. The van der Waals surface area contributed by atoms with Gasteiger partial charge in [0.15, 0.2) is 4.77 Å². The molecule has 0 saturated heterocycles. The number of nitrogens with one attached hydrogen (secondary N) is 1. The standard InChI is InChI=1S/C7H8N2O3S/c1-2-12-6(11)4-3-8-7(13)9-5(4)10/h3H,2H2,1H3,(H2,8,9,10,13)/p-1. The zero-order chi connectivity index (χ0) is 9.84. The van der Waals surface area contributed by atoms with E-state index in [0.717, 1.165) is 6.20 Å². The zero-order valence-electron chi connectivity index (χ0n) is 6.86. The third kappa shape index (κ3) is 2.25. The number of esters is 1. The summed E-state index contributed by atoms with van der Waals surface area (Å²) in [4.78, 5) is 16.9. The fraction of sp³-hybridized carbons (Fsp3) is 0.286. The molecule has 1 heterocycles. The molecule has 6 heteroatoms. The van der Waals surface area contributed by atoms with Gasteiger partial charge < -0.3 is 14.8 Å². The first kappa shape index (κ1) is 9.66. The average molecular weight is 199 g/mol. The summed E-state index contributed by atoms with van der Waals surface area (Å²) in [5.74, 6) is -1.26. The Kier molecular flexibility index (Phi) is 2.97. The molecule has 0 amide bonds. The maximum absolute atomic E-state index is 11.1. The molecule has 0 bridgehead atoms. The number of aromatic amines is 1. The van der Waals surface area contributed by atoms with Crippen molar-refractivity contribution in [2.24, 2.45) is 0 Å². The Bertz CT molecular complexity index is 374. The smallest absolute Gasteiger partial charge is 0.340 e. The van der Waals surface area contributed by atoms with Crippen molar-refractivity contribution >= 4 is 18.2 Å². The molecule has 13 heavy (non-hydrogen) atoms. The van der Waals surface area contributed by atoms with E-state index in [-0.39, 0.29) is 16.9 Å². The van der Waals surface area contributed by atoms with Crippen LogP contribution < -0.4 is 5.11 Å². The Morgan fingerprint density at radius 3 is 3.08 bits per heavy atom. The molecule has 5 nitrogen and oxygen atoms in total. The van der Waals surface area contributed by atoms with E-state index in [1.807, 2.05) is 0 Å². The highest BCUT2D eigenvalue weighted by atomic mass is 32.1. The van der Waals surface area contributed by atoms with Gasteiger partial charge in [-0.2, -0.15) is 0 Å². The molecule has 0 aromatic carbocycles. The van der Waals surface area contributed by atoms with Crippen LogP contribution in [0.5, 0.6) is 5.88 Å². The van der Waals surface area contributed by atoms with Gasteiger partial charge in [0.05, 0.1) is 12.2 Å². The normalized spacial score (nSPS) is 9.62. The average Bonchev–Trinajstić information content (AvgIpc) is 2.04. The van der Waals surface area contributed by atoms with Gasteiger partial charge in [0.25, 0.3) is 0 Å². The van der Waals surface area contributed by atoms with Crippen molar-refractivity contribution in [1.29, 1.82) is 0 Å². The van der Waals surface area contributed by atoms with E-state index < -0.39 is 11.8 Å². The summed E-state index contributed by atoms with van der Waals surface area (Å²) in [6.45, 7) is 1.87. The second-order valence-corrected chi connectivity index (χ2v) is 2.54. The number of H-pyrrole nitrogens is 1. The second-order valence-electron chi connectivity index (χ2n) is 2.15. The Balaban J connectivity index is 3.02. The molecular formula is C7H7N2O3S-. The second kappa shape index (κ2) is 3.99. The molecule has 70 valence electrons. The van der Waals surface area contributed by atoms with Crippen LogP contribution in [0.1, 0.15) is 17.3 Å². The predicted octanol–water partition coefficient (Wildman–Crippen LogP) is 0.389. The quantitative estimate of drug-likeness (QED) is 0.550. The Morgan fingerprint density at radius 1 is 1.85 bits per heavy atom. The number of carbonyl (C=O) groups is 1. The highest BCUT2D eigenvalue weighted by Crippen LogP contribution is 2.08. The molecule has 1 aromatic rings. The summed E-state index contributed by atoms with van der Waals surface area (Å²) in [5.41, 5.74) is -0.129. The van der Waals surface area contributed by atoms with E-state index in [0.29, 0.717) is 0 Å². The minimum atomic E-state index is -0.689. The third-order valence-electron chi connectivity index (χ3n) is 1.27. The van der Waals surface area contributed by atoms with Gasteiger partial charge in [-0.15, -0.1) is 0 Å². The molecule has 0 spiro atoms. The predicted molar refractivity (Wildman–Crippen MR) is 44.8 cm³/mol. The van der Waals surface area contributed by atoms with Crippen LogP contribution in [0.15, 0.2) is 6.20 Å². The lowest BCUT2D eigenvalue weighted by molar-refractivity contribution is -0.275. The first-order valence-electron chi connectivity index (χ1n) is 3.58. The van der Waals surface area contributed by atoms with Crippen LogP contribution >= 0.6 is 12.2 Å². The minimum absolute atomic E-state index is 0.0537. The van der Waals surface area contributed by atoms with E-state index in [1.165, 1.54) is 0 Å². The summed E-state index contributed by atoms with van der Waals surface area (Å²) in [6, 6.07) is 0. The molecular weight excluding hydrogens is 192 g/mol. The summed E-state index contributed by atoms with van der Waals surface area (Å²) in [6.07, 6.45) is 1.11.